The van der Waals surface area contributed by atoms with Crippen molar-refractivity contribution in [3.05, 3.63) is 61.8 Å². The number of nitrogens with one attached hydrogen (secondary N) is 1. The van der Waals surface area contributed by atoms with Gasteiger partial charge in [0.1, 0.15) is 10.8 Å². The lowest BCUT2D eigenvalue weighted by Crippen LogP contribution is -2.19. The molecule has 0 saturated heterocycles. The van der Waals surface area contributed by atoms with Gasteiger partial charge in [-0.2, -0.15) is 5.10 Å². The summed E-state index contributed by atoms with van der Waals surface area (Å²) in [6.07, 6.45) is 1.37. The van der Waals surface area contributed by atoms with Crippen molar-refractivity contribution in [1.29, 1.82) is 0 Å². The van der Waals surface area contributed by atoms with Gasteiger partial charge in [-0.1, -0.05) is 58.5 Å². The number of rotatable bonds is 3. The van der Waals surface area contributed by atoms with Crippen LogP contribution in [0, 0.1) is 0 Å². The van der Waals surface area contributed by atoms with Crippen molar-refractivity contribution in [2.24, 2.45) is 5.10 Å². The third-order valence-corrected chi connectivity index (χ3v) is 3.73. The Balaban J connectivity index is 2.12. The molecule has 0 radical (unpaired) electrons. The normalized spacial score (nSPS) is 10.9. The molecule has 1 aromatic carbocycles. The van der Waals surface area contributed by atoms with E-state index in [9.17, 15) is 4.79 Å². The molecule has 4 nitrogen and oxygen atoms in total. The van der Waals surface area contributed by atoms with Crippen LogP contribution >= 0.6 is 46.4 Å². The minimum Gasteiger partial charge on any atom is -0.265 e. The third kappa shape index (κ3) is 4.08. The van der Waals surface area contributed by atoms with Gasteiger partial charge in [0.25, 0.3) is 5.91 Å². The van der Waals surface area contributed by atoms with Gasteiger partial charge in [0.2, 0.25) is 0 Å². The first-order chi connectivity index (χ1) is 9.99. The van der Waals surface area contributed by atoms with Gasteiger partial charge in [-0.3, -0.25) is 4.79 Å². The van der Waals surface area contributed by atoms with Crippen LogP contribution in [0.5, 0.6) is 0 Å². The molecule has 0 fully saturated rings. The zero-order chi connectivity index (χ0) is 15.4. The number of hydrazone groups is 1. The Bertz CT molecular complexity index is 719. The largest absolute Gasteiger partial charge is 0.291 e. The van der Waals surface area contributed by atoms with Crippen LogP contribution in [0.1, 0.15) is 16.1 Å². The van der Waals surface area contributed by atoms with Gasteiger partial charge in [-0.15, -0.1) is 0 Å². The van der Waals surface area contributed by atoms with Crippen molar-refractivity contribution in [3.8, 4) is 0 Å². The average molecular weight is 363 g/mol. The molecule has 21 heavy (non-hydrogen) atoms. The van der Waals surface area contributed by atoms with Gasteiger partial charge >= 0.3 is 0 Å². The van der Waals surface area contributed by atoms with Crippen LogP contribution in [0.4, 0.5) is 0 Å². The molecule has 0 aliphatic carbocycles. The molecule has 1 aromatic heterocycles. The topological polar surface area (TPSA) is 54.4 Å². The fraction of sp³-hybridized carbons (Fsp3) is 0. The predicted octanol–water partition coefficient (Wildman–Crippen LogP) is 4.46. The number of hydrogen-bond donors (Lipinski definition) is 1. The van der Waals surface area contributed by atoms with Crippen LogP contribution < -0.4 is 5.43 Å². The standard InChI is InChI=1S/C13H7Cl4N3O/c14-8-3-1-2-7(11(8)17)6-18-20-13(21)12-9(15)4-5-10(16)19-12/h1-6H,(H,20,21)/b18-6+. The van der Waals surface area contributed by atoms with E-state index in [1.807, 2.05) is 0 Å². The Morgan fingerprint density at radius 2 is 1.86 bits per heavy atom. The minimum absolute atomic E-state index is 0.0153. The zero-order valence-electron chi connectivity index (χ0n) is 10.3. The molecule has 1 N–H and O–H groups in total. The highest BCUT2D eigenvalue weighted by atomic mass is 35.5. The molecule has 2 aromatic rings. The number of hydrogen-bond acceptors (Lipinski definition) is 3. The van der Waals surface area contributed by atoms with Crippen LogP contribution in [0.3, 0.4) is 0 Å². The molecule has 0 aliphatic rings. The van der Waals surface area contributed by atoms with E-state index >= 15 is 0 Å². The molecule has 8 heteroatoms. The Morgan fingerprint density at radius 3 is 2.62 bits per heavy atom. The minimum atomic E-state index is -0.586. The van der Waals surface area contributed by atoms with E-state index in [-0.39, 0.29) is 15.9 Å². The first-order valence-electron chi connectivity index (χ1n) is 5.58. The van der Waals surface area contributed by atoms with Crippen molar-refractivity contribution in [3.63, 3.8) is 0 Å². The number of aromatic nitrogens is 1. The van der Waals surface area contributed by atoms with E-state index in [2.05, 4.69) is 15.5 Å². The Morgan fingerprint density at radius 1 is 1.10 bits per heavy atom. The molecule has 0 unspecified atom stereocenters. The first-order valence-corrected chi connectivity index (χ1v) is 7.09. The van der Waals surface area contributed by atoms with Gasteiger partial charge < -0.3 is 0 Å². The molecule has 1 heterocycles. The van der Waals surface area contributed by atoms with Crippen LogP contribution in [0.25, 0.3) is 0 Å². The summed E-state index contributed by atoms with van der Waals surface area (Å²) in [4.78, 5) is 15.7. The quantitative estimate of drug-likeness (QED) is 0.498. The van der Waals surface area contributed by atoms with E-state index in [4.69, 9.17) is 46.4 Å². The lowest BCUT2D eigenvalue weighted by atomic mass is 10.2. The fourth-order valence-electron chi connectivity index (χ4n) is 1.41. The van der Waals surface area contributed by atoms with E-state index in [0.29, 0.717) is 15.6 Å². The first kappa shape index (κ1) is 16.0. The monoisotopic (exact) mass is 361 g/mol. The highest BCUT2D eigenvalue weighted by Gasteiger charge is 2.12. The summed E-state index contributed by atoms with van der Waals surface area (Å²) in [7, 11) is 0. The molecule has 0 saturated carbocycles. The van der Waals surface area contributed by atoms with Crippen molar-refractivity contribution >= 4 is 58.5 Å². The van der Waals surface area contributed by atoms with Crippen molar-refractivity contribution in [2.75, 3.05) is 0 Å². The molecule has 1 amide bonds. The highest BCUT2D eigenvalue weighted by molar-refractivity contribution is 6.43. The number of benzene rings is 1. The number of nitrogens with zero attached hydrogens (tertiary/aromatic N) is 2. The number of carbonyl (C=O) groups excluding carboxylic acids is 1. The Hall–Kier alpha value is -1.33. The Labute approximate surface area is 140 Å². The number of pyridine rings is 1. The zero-order valence-corrected chi connectivity index (χ0v) is 13.3. The molecule has 0 aliphatic heterocycles. The number of carbonyl (C=O) groups is 1. The van der Waals surface area contributed by atoms with Gasteiger partial charge in [-0.25, -0.2) is 10.4 Å². The second-order valence-corrected chi connectivity index (χ2v) is 5.39. The maximum Gasteiger partial charge on any atom is 0.291 e. The van der Waals surface area contributed by atoms with Gasteiger partial charge in [0, 0.05) is 5.56 Å². The van der Waals surface area contributed by atoms with Crippen LogP contribution in [0.2, 0.25) is 20.2 Å². The summed E-state index contributed by atoms with van der Waals surface area (Å²) in [5.74, 6) is -0.586. The van der Waals surface area contributed by atoms with Crippen molar-refractivity contribution < 1.29 is 4.79 Å². The maximum atomic E-state index is 11.9. The molecule has 2 rings (SSSR count). The van der Waals surface area contributed by atoms with Crippen LogP contribution in [-0.2, 0) is 0 Å². The van der Waals surface area contributed by atoms with E-state index in [1.54, 1.807) is 18.2 Å². The summed E-state index contributed by atoms with van der Waals surface area (Å²) in [5.41, 5.74) is 2.83. The maximum absolute atomic E-state index is 11.9. The molecule has 0 atom stereocenters. The van der Waals surface area contributed by atoms with Crippen LogP contribution in [0.15, 0.2) is 35.4 Å². The lowest BCUT2D eigenvalue weighted by Gasteiger charge is -2.02. The van der Waals surface area contributed by atoms with Gasteiger partial charge in [0.05, 0.1) is 21.3 Å². The molecule has 108 valence electrons. The number of halogens is 4. The van der Waals surface area contributed by atoms with E-state index < -0.39 is 5.91 Å². The van der Waals surface area contributed by atoms with E-state index in [0.717, 1.165) is 0 Å². The average Bonchev–Trinajstić information content (AvgIpc) is 2.46. The molecular weight excluding hydrogens is 356 g/mol. The second-order valence-electron chi connectivity index (χ2n) is 3.81. The summed E-state index contributed by atoms with van der Waals surface area (Å²) < 4.78 is 0. The molecule has 0 bridgehead atoms. The summed E-state index contributed by atoms with van der Waals surface area (Å²) in [5, 5.41) is 4.85. The van der Waals surface area contributed by atoms with E-state index in [1.165, 1.54) is 18.3 Å². The molecule has 0 spiro atoms. The van der Waals surface area contributed by atoms with Gasteiger partial charge in [0.15, 0.2) is 0 Å². The predicted molar refractivity (Wildman–Crippen MR) is 85.8 cm³/mol. The SMILES string of the molecule is O=C(N/N=C/c1cccc(Cl)c1Cl)c1nc(Cl)ccc1Cl. The van der Waals surface area contributed by atoms with Gasteiger partial charge in [-0.05, 0) is 18.2 Å². The summed E-state index contributed by atoms with van der Waals surface area (Å²) in [6, 6.07) is 8.02. The number of amides is 1. The third-order valence-electron chi connectivity index (χ3n) is 2.38. The van der Waals surface area contributed by atoms with Crippen LogP contribution in [-0.4, -0.2) is 17.1 Å². The van der Waals surface area contributed by atoms with Crippen molar-refractivity contribution in [2.45, 2.75) is 0 Å². The molecular formula is C13H7Cl4N3O. The highest BCUT2D eigenvalue weighted by Crippen LogP contribution is 2.24. The summed E-state index contributed by atoms with van der Waals surface area (Å²) in [6.45, 7) is 0. The lowest BCUT2D eigenvalue weighted by molar-refractivity contribution is 0.0950. The second kappa shape index (κ2) is 7.09. The Kier molecular flexibility index (Phi) is 5.42. The smallest absolute Gasteiger partial charge is 0.265 e. The fourth-order valence-corrected chi connectivity index (χ4v) is 2.11. The van der Waals surface area contributed by atoms with Crippen molar-refractivity contribution in [1.82, 2.24) is 10.4 Å². The summed E-state index contributed by atoms with van der Waals surface area (Å²) >= 11 is 23.4.